The van der Waals surface area contributed by atoms with Gasteiger partial charge in [0.1, 0.15) is 11.6 Å². The normalized spacial score (nSPS) is 10.3. The highest BCUT2D eigenvalue weighted by Crippen LogP contribution is 2.01. The standard InChI is InChI=1S/C10H18N4O/c1-11-5-3-9-12-6-4-10(14-9)13-7-8-15-2/h4,6,11H,3,5,7-8H2,1-2H3,(H,12,13,14). The Labute approximate surface area is 90.3 Å². The molecule has 0 aliphatic rings. The first kappa shape index (κ1) is 11.9. The molecule has 0 atom stereocenters. The van der Waals surface area contributed by atoms with E-state index >= 15 is 0 Å². The minimum atomic E-state index is 0.676. The summed E-state index contributed by atoms with van der Waals surface area (Å²) in [7, 11) is 3.60. The van der Waals surface area contributed by atoms with Gasteiger partial charge in [-0.25, -0.2) is 9.97 Å². The van der Waals surface area contributed by atoms with Crippen LogP contribution in [0.1, 0.15) is 5.82 Å². The van der Waals surface area contributed by atoms with E-state index in [4.69, 9.17) is 4.74 Å². The fourth-order valence-corrected chi connectivity index (χ4v) is 1.14. The lowest BCUT2D eigenvalue weighted by molar-refractivity contribution is 0.210. The number of hydrogen-bond donors (Lipinski definition) is 2. The van der Waals surface area contributed by atoms with E-state index in [-0.39, 0.29) is 0 Å². The van der Waals surface area contributed by atoms with E-state index in [1.807, 2.05) is 13.1 Å². The van der Waals surface area contributed by atoms with Crippen molar-refractivity contribution in [2.75, 3.05) is 39.2 Å². The molecule has 1 aromatic rings. The molecule has 0 aromatic carbocycles. The van der Waals surface area contributed by atoms with Crippen molar-refractivity contribution in [2.24, 2.45) is 0 Å². The number of nitrogens with one attached hydrogen (secondary N) is 2. The van der Waals surface area contributed by atoms with Gasteiger partial charge in [-0.2, -0.15) is 0 Å². The Morgan fingerprint density at radius 3 is 3.00 bits per heavy atom. The summed E-state index contributed by atoms with van der Waals surface area (Å²) < 4.78 is 4.94. The largest absolute Gasteiger partial charge is 0.383 e. The molecule has 1 heterocycles. The van der Waals surface area contributed by atoms with Crippen LogP contribution in [0.5, 0.6) is 0 Å². The summed E-state index contributed by atoms with van der Waals surface area (Å²) in [5, 5.41) is 6.23. The Morgan fingerprint density at radius 2 is 2.27 bits per heavy atom. The fraction of sp³-hybridized carbons (Fsp3) is 0.600. The van der Waals surface area contributed by atoms with Crippen molar-refractivity contribution in [3.63, 3.8) is 0 Å². The number of nitrogens with zero attached hydrogens (tertiary/aromatic N) is 2. The molecule has 2 N–H and O–H groups in total. The Kier molecular flexibility index (Phi) is 5.65. The number of rotatable bonds is 7. The molecule has 0 unspecified atom stereocenters. The average molecular weight is 210 g/mol. The van der Waals surface area contributed by atoms with E-state index < -0.39 is 0 Å². The van der Waals surface area contributed by atoms with Crippen molar-refractivity contribution in [1.82, 2.24) is 15.3 Å². The predicted octanol–water partition coefficient (Wildman–Crippen LogP) is 0.297. The smallest absolute Gasteiger partial charge is 0.131 e. The molecule has 15 heavy (non-hydrogen) atoms. The van der Waals surface area contributed by atoms with Crippen molar-refractivity contribution >= 4 is 5.82 Å². The summed E-state index contributed by atoms with van der Waals surface area (Å²) in [6.45, 7) is 2.33. The molecule has 1 rings (SSSR count). The van der Waals surface area contributed by atoms with Gasteiger partial charge in [-0.15, -0.1) is 0 Å². The highest BCUT2D eigenvalue weighted by atomic mass is 16.5. The van der Waals surface area contributed by atoms with Crippen LogP contribution in [0.15, 0.2) is 12.3 Å². The molecule has 5 nitrogen and oxygen atoms in total. The minimum Gasteiger partial charge on any atom is -0.383 e. The van der Waals surface area contributed by atoms with Gasteiger partial charge in [-0.1, -0.05) is 0 Å². The van der Waals surface area contributed by atoms with Crippen molar-refractivity contribution in [3.8, 4) is 0 Å². The van der Waals surface area contributed by atoms with E-state index in [1.54, 1.807) is 13.3 Å². The summed E-state index contributed by atoms with van der Waals surface area (Å²) in [5.41, 5.74) is 0. The zero-order valence-corrected chi connectivity index (χ0v) is 9.29. The van der Waals surface area contributed by atoms with Gasteiger partial charge in [-0.05, 0) is 13.1 Å². The molecule has 0 amide bonds. The van der Waals surface area contributed by atoms with Crippen LogP contribution in [-0.2, 0) is 11.2 Å². The molecule has 0 radical (unpaired) electrons. The van der Waals surface area contributed by atoms with Crippen LogP contribution in [-0.4, -0.2) is 43.8 Å². The number of ether oxygens (including phenoxy) is 1. The lowest BCUT2D eigenvalue weighted by Gasteiger charge is -2.05. The Bertz CT molecular complexity index is 280. The van der Waals surface area contributed by atoms with E-state index in [2.05, 4.69) is 20.6 Å². The van der Waals surface area contributed by atoms with E-state index in [1.165, 1.54) is 0 Å². The molecular weight excluding hydrogens is 192 g/mol. The van der Waals surface area contributed by atoms with Gasteiger partial charge in [0.2, 0.25) is 0 Å². The third kappa shape index (κ3) is 4.71. The molecule has 0 fully saturated rings. The summed E-state index contributed by atoms with van der Waals surface area (Å²) in [6.07, 6.45) is 2.61. The Hall–Kier alpha value is -1.20. The molecule has 0 saturated heterocycles. The van der Waals surface area contributed by atoms with Crippen molar-refractivity contribution in [3.05, 3.63) is 18.1 Å². The first-order valence-electron chi connectivity index (χ1n) is 5.06. The number of anilines is 1. The highest BCUT2D eigenvalue weighted by molar-refractivity contribution is 5.32. The third-order valence-electron chi connectivity index (χ3n) is 1.92. The van der Waals surface area contributed by atoms with Crippen molar-refractivity contribution in [1.29, 1.82) is 0 Å². The topological polar surface area (TPSA) is 59.1 Å². The molecule has 5 heteroatoms. The van der Waals surface area contributed by atoms with Crippen molar-refractivity contribution < 1.29 is 4.74 Å². The maximum atomic E-state index is 4.94. The van der Waals surface area contributed by atoms with Crippen LogP contribution < -0.4 is 10.6 Å². The zero-order valence-electron chi connectivity index (χ0n) is 9.29. The van der Waals surface area contributed by atoms with Gasteiger partial charge < -0.3 is 15.4 Å². The minimum absolute atomic E-state index is 0.676. The van der Waals surface area contributed by atoms with Crippen molar-refractivity contribution in [2.45, 2.75) is 6.42 Å². The predicted molar refractivity (Wildman–Crippen MR) is 60.0 cm³/mol. The summed E-state index contributed by atoms with van der Waals surface area (Å²) in [5.74, 6) is 1.71. The van der Waals surface area contributed by atoms with Crippen LogP contribution in [0.2, 0.25) is 0 Å². The maximum absolute atomic E-state index is 4.94. The second-order valence-electron chi connectivity index (χ2n) is 3.13. The van der Waals surface area contributed by atoms with Gasteiger partial charge in [0, 0.05) is 32.8 Å². The van der Waals surface area contributed by atoms with Crippen LogP contribution in [0.25, 0.3) is 0 Å². The lowest BCUT2D eigenvalue weighted by atomic mass is 10.4. The Morgan fingerprint density at radius 1 is 1.40 bits per heavy atom. The average Bonchev–Trinajstić information content (AvgIpc) is 2.27. The quantitative estimate of drug-likeness (QED) is 0.634. The number of hydrogen-bond acceptors (Lipinski definition) is 5. The highest BCUT2D eigenvalue weighted by Gasteiger charge is 1.97. The molecule has 0 spiro atoms. The molecule has 0 aliphatic heterocycles. The van der Waals surface area contributed by atoms with Crippen LogP contribution in [0, 0.1) is 0 Å². The van der Waals surface area contributed by atoms with Crippen LogP contribution >= 0.6 is 0 Å². The van der Waals surface area contributed by atoms with Gasteiger partial charge in [0.25, 0.3) is 0 Å². The zero-order chi connectivity index (χ0) is 10.9. The molecule has 0 bridgehead atoms. The fourth-order valence-electron chi connectivity index (χ4n) is 1.14. The third-order valence-corrected chi connectivity index (χ3v) is 1.92. The second kappa shape index (κ2) is 7.14. The molecular formula is C10H18N4O. The molecule has 0 aliphatic carbocycles. The first-order valence-corrected chi connectivity index (χ1v) is 5.06. The first-order chi connectivity index (χ1) is 7.36. The summed E-state index contributed by atoms with van der Waals surface area (Å²) >= 11 is 0. The van der Waals surface area contributed by atoms with Gasteiger partial charge in [-0.3, -0.25) is 0 Å². The van der Waals surface area contributed by atoms with Crippen LogP contribution in [0.3, 0.4) is 0 Å². The molecule has 0 saturated carbocycles. The van der Waals surface area contributed by atoms with E-state index in [9.17, 15) is 0 Å². The summed E-state index contributed by atoms with van der Waals surface area (Å²) in [6, 6.07) is 1.86. The van der Waals surface area contributed by atoms with E-state index in [0.717, 1.165) is 31.2 Å². The molecule has 1 aromatic heterocycles. The second-order valence-corrected chi connectivity index (χ2v) is 3.13. The molecule has 84 valence electrons. The monoisotopic (exact) mass is 210 g/mol. The van der Waals surface area contributed by atoms with Gasteiger partial charge in [0.05, 0.1) is 6.61 Å². The number of aromatic nitrogens is 2. The Balaban J connectivity index is 2.42. The lowest BCUT2D eigenvalue weighted by Crippen LogP contribution is -2.14. The summed E-state index contributed by atoms with van der Waals surface area (Å²) in [4.78, 5) is 8.55. The van der Waals surface area contributed by atoms with Crippen LogP contribution in [0.4, 0.5) is 5.82 Å². The number of methoxy groups -OCH3 is 1. The van der Waals surface area contributed by atoms with Gasteiger partial charge >= 0.3 is 0 Å². The SMILES string of the molecule is CNCCc1nccc(NCCOC)n1. The maximum Gasteiger partial charge on any atom is 0.131 e. The number of likely N-dealkylation sites (N-methyl/N-ethyl adjacent to an activating group) is 1. The van der Waals surface area contributed by atoms with E-state index in [0.29, 0.717) is 6.61 Å². The van der Waals surface area contributed by atoms with Gasteiger partial charge in [0.15, 0.2) is 0 Å².